The fourth-order valence-electron chi connectivity index (χ4n) is 1.75. The van der Waals surface area contributed by atoms with Crippen LogP contribution in [0.4, 0.5) is 10.1 Å². The third kappa shape index (κ3) is 3.33. The Morgan fingerprint density at radius 1 is 1.38 bits per heavy atom. The highest BCUT2D eigenvalue weighted by Crippen LogP contribution is 2.17. The summed E-state index contributed by atoms with van der Waals surface area (Å²) in [6, 6.07) is 8.57. The van der Waals surface area contributed by atoms with Crippen molar-refractivity contribution in [3.8, 4) is 0 Å². The van der Waals surface area contributed by atoms with Crippen LogP contribution in [0.3, 0.4) is 0 Å². The molecule has 1 amide bonds. The molecule has 2 rings (SSSR count). The van der Waals surface area contributed by atoms with Crippen molar-refractivity contribution in [1.82, 2.24) is 4.98 Å². The second-order valence-electron chi connectivity index (χ2n) is 4.29. The van der Waals surface area contributed by atoms with E-state index in [1.54, 1.807) is 25.1 Å². The Morgan fingerprint density at radius 2 is 2.14 bits per heavy atom. The molecule has 7 heteroatoms. The number of aryl methyl sites for hydroxylation is 1. The standard InChI is InChI=1S/C14H13FN4O2/c1-8-3-2-4-12(17-8)14(20)18-11-6-5-9(15)7-10(11)13(16)19-21/h2-7,21H,1H3,(H2,16,19)(H,18,20). The van der Waals surface area contributed by atoms with Gasteiger partial charge in [0.25, 0.3) is 5.91 Å². The maximum Gasteiger partial charge on any atom is 0.274 e. The fraction of sp³-hybridized carbons (Fsp3) is 0.0714. The monoisotopic (exact) mass is 288 g/mol. The van der Waals surface area contributed by atoms with Crippen LogP contribution in [0.1, 0.15) is 21.7 Å². The highest BCUT2D eigenvalue weighted by atomic mass is 19.1. The zero-order chi connectivity index (χ0) is 15.4. The zero-order valence-electron chi connectivity index (χ0n) is 11.2. The van der Waals surface area contributed by atoms with Gasteiger partial charge >= 0.3 is 0 Å². The van der Waals surface area contributed by atoms with E-state index >= 15 is 0 Å². The molecule has 0 radical (unpaired) electrons. The molecular formula is C14H13FN4O2. The SMILES string of the molecule is Cc1cccc(C(=O)Nc2ccc(F)cc2/C(N)=N/O)n1. The predicted octanol–water partition coefficient (Wildman–Crippen LogP) is 1.88. The number of anilines is 1. The highest BCUT2D eigenvalue weighted by Gasteiger charge is 2.13. The number of aromatic nitrogens is 1. The molecule has 0 bridgehead atoms. The van der Waals surface area contributed by atoms with Gasteiger partial charge < -0.3 is 16.3 Å². The predicted molar refractivity (Wildman–Crippen MR) is 75.8 cm³/mol. The minimum atomic E-state index is -0.566. The number of pyridine rings is 1. The lowest BCUT2D eigenvalue weighted by molar-refractivity contribution is 0.102. The number of amidine groups is 1. The lowest BCUT2D eigenvalue weighted by Gasteiger charge is -2.10. The van der Waals surface area contributed by atoms with Crippen LogP contribution in [-0.2, 0) is 0 Å². The summed E-state index contributed by atoms with van der Waals surface area (Å²) in [5, 5.41) is 14.1. The van der Waals surface area contributed by atoms with Crippen molar-refractivity contribution in [2.75, 3.05) is 5.32 Å². The van der Waals surface area contributed by atoms with Crippen molar-refractivity contribution in [3.05, 3.63) is 59.2 Å². The molecule has 0 atom stereocenters. The maximum atomic E-state index is 13.2. The number of nitrogens with two attached hydrogens (primary N) is 1. The van der Waals surface area contributed by atoms with Gasteiger partial charge in [-0.2, -0.15) is 0 Å². The van der Waals surface area contributed by atoms with Gasteiger partial charge in [0.2, 0.25) is 0 Å². The highest BCUT2D eigenvalue weighted by molar-refractivity contribution is 6.09. The molecule has 2 aromatic rings. The van der Waals surface area contributed by atoms with Gasteiger partial charge in [0, 0.05) is 11.3 Å². The van der Waals surface area contributed by atoms with Crippen LogP contribution >= 0.6 is 0 Å². The third-order valence-electron chi connectivity index (χ3n) is 2.73. The molecule has 0 spiro atoms. The first-order valence-corrected chi connectivity index (χ1v) is 6.03. The summed E-state index contributed by atoms with van der Waals surface area (Å²) < 4.78 is 13.2. The molecule has 0 saturated carbocycles. The largest absolute Gasteiger partial charge is 0.409 e. The van der Waals surface area contributed by atoms with E-state index in [-0.39, 0.29) is 22.8 Å². The van der Waals surface area contributed by atoms with E-state index in [0.29, 0.717) is 5.69 Å². The first-order chi connectivity index (χ1) is 10.0. The van der Waals surface area contributed by atoms with Gasteiger partial charge in [0.1, 0.15) is 11.5 Å². The molecule has 0 aliphatic carbocycles. The molecule has 1 aromatic heterocycles. The summed E-state index contributed by atoms with van der Waals surface area (Å²) in [5.41, 5.74) is 6.68. The molecule has 1 aromatic carbocycles. The van der Waals surface area contributed by atoms with Crippen molar-refractivity contribution >= 4 is 17.4 Å². The number of rotatable bonds is 3. The first-order valence-electron chi connectivity index (χ1n) is 6.03. The Labute approximate surface area is 120 Å². The average molecular weight is 288 g/mol. The summed E-state index contributed by atoms with van der Waals surface area (Å²) in [5.74, 6) is -1.34. The zero-order valence-corrected chi connectivity index (χ0v) is 11.2. The van der Waals surface area contributed by atoms with Crippen LogP contribution in [0.15, 0.2) is 41.6 Å². The molecule has 0 fully saturated rings. The summed E-state index contributed by atoms with van der Waals surface area (Å²) in [4.78, 5) is 16.2. The number of oxime groups is 1. The van der Waals surface area contributed by atoms with Gasteiger partial charge in [-0.1, -0.05) is 11.2 Å². The van der Waals surface area contributed by atoms with Gasteiger partial charge in [-0.15, -0.1) is 0 Å². The number of amides is 1. The van der Waals surface area contributed by atoms with Crippen LogP contribution in [0.25, 0.3) is 0 Å². The fourth-order valence-corrected chi connectivity index (χ4v) is 1.75. The van der Waals surface area contributed by atoms with Gasteiger partial charge in [-0.25, -0.2) is 9.37 Å². The quantitative estimate of drug-likeness (QED) is 0.347. The Hall–Kier alpha value is -2.96. The lowest BCUT2D eigenvalue weighted by Crippen LogP contribution is -2.20. The molecule has 21 heavy (non-hydrogen) atoms. The molecule has 108 valence electrons. The molecule has 1 heterocycles. The van der Waals surface area contributed by atoms with E-state index in [2.05, 4.69) is 15.5 Å². The molecule has 6 nitrogen and oxygen atoms in total. The minimum absolute atomic E-state index is 0.0819. The van der Waals surface area contributed by atoms with E-state index in [4.69, 9.17) is 10.9 Å². The summed E-state index contributed by atoms with van der Waals surface area (Å²) in [7, 11) is 0. The summed E-state index contributed by atoms with van der Waals surface area (Å²) >= 11 is 0. The van der Waals surface area contributed by atoms with Crippen molar-refractivity contribution in [1.29, 1.82) is 0 Å². The smallest absolute Gasteiger partial charge is 0.274 e. The number of carbonyl (C=O) groups excluding carboxylic acids is 1. The topological polar surface area (TPSA) is 101 Å². The molecular weight excluding hydrogens is 275 g/mol. The van der Waals surface area contributed by atoms with Crippen LogP contribution in [-0.4, -0.2) is 21.9 Å². The van der Waals surface area contributed by atoms with Crippen molar-refractivity contribution in [3.63, 3.8) is 0 Å². The van der Waals surface area contributed by atoms with E-state index in [9.17, 15) is 9.18 Å². The minimum Gasteiger partial charge on any atom is -0.409 e. The Bertz CT molecular complexity index is 716. The number of benzene rings is 1. The molecule has 4 N–H and O–H groups in total. The van der Waals surface area contributed by atoms with Crippen LogP contribution in [0, 0.1) is 12.7 Å². The van der Waals surface area contributed by atoms with E-state index in [1.807, 2.05) is 0 Å². The number of carbonyl (C=O) groups is 1. The second-order valence-corrected chi connectivity index (χ2v) is 4.29. The van der Waals surface area contributed by atoms with Crippen LogP contribution in [0.2, 0.25) is 0 Å². The van der Waals surface area contributed by atoms with Gasteiger partial charge in [-0.3, -0.25) is 4.79 Å². The molecule has 0 aliphatic heterocycles. The Balaban J connectivity index is 2.33. The van der Waals surface area contributed by atoms with Crippen LogP contribution in [0.5, 0.6) is 0 Å². The summed E-state index contributed by atoms with van der Waals surface area (Å²) in [6.45, 7) is 1.76. The lowest BCUT2D eigenvalue weighted by atomic mass is 10.1. The number of hydrogen-bond donors (Lipinski definition) is 3. The Kier molecular flexibility index (Phi) is 4.13. The molecule has 0 saturated heterocycles. The normalized spacial score (nSPS) is 11.2. The molecule has 0 unspecified atom stereocenters. The van der Waals surface area contributed by atoms with Gasteiger partial charge in [-0.05, 0) is 37.3 Å². The van der Waals surface area contributed by atoms with Gasteiger partial charge in [0.15, 0.2) is 5.84 Å². The van der Waals surface area contributed by atoms with Crippen molar-refractivity contribution in [2.24, 2.45) is 10.9 Å². The van der Waals surface area contributed by atoms with E-state index in [1.165, 1.54) is 6.07 Å². The number of halogens is 1. The van der Waals surface area contributed by atoms with E-state index in [0.717, 1.165) is 12.1 Å². The van der Waals surface area contributed by atoms with Gasteiger partial charge in [0.05, 0.1) is 5.69 Å². The Morgan fingerprint density at radius 3 is 2.81 bits per heavy atom. The second kappa shape index (κ2) is 6.00. The molecule has 0 aliphatic rings. The van der Waals surface area contributed by atoms with Crippen LogP contribution < -0.4 is 11.1 Å². The third-order valence-corrected chi connectivity index (χ3v) is 2.73. The van der Waals surface area contributed by atoms with Crippen molar-refractivity contribution in [2.45, 2.75) is 6.92 Å². The first kappa shape index (κ1) is 14.4. The number of hydrogen-bond acceptors (Lipinski definition) is 4. The van der Waals surface area contributed by atoms with E-state index < -0.39 is 11.7 Å². The number of nitrogens with one attached hydrogen (secondary N) is 1. The van der Waals surface area contributed by atoms with Crippen molar-refractivity contribution < 1.29 is 14.4 Å². The average Bonchev–Trinajstić information content (AvgIpc) is 2.48. The summed E-state index contributed by atoms with van der Waals surface area (Å²) in [6.07, 6.45) is 0. The number of nitrogens with zero attached hydrogens (tertiary/aromatic N) is 2. The maximum absolute atomic E-state index is 13.2.